The summed E-state index contributed by atoms with van der Waals surface area (Å²) in [4.78, 5) is 16.3. The summed E-state index contributed by atoms with van der Waals surface area (Å²) in [7, 11) is -3.94. The smallest absolute Gasteiger partial charge is 0.285 e. The molecular weight excluding hydrogens is 433 g/mol. The number of carbonyl (C=O) groups is 1. The quantitative estimate of drug-likeness (QED) is 0.257. The minimum Gasteiger partial charge on any atom is -0.384 e. The lowest BCUT2D eigenvalue weighted by Crippen LogP contribution is -2.15. The van der Waals surface area contributed by atoms with E-state index in [1.165, 1.54) is 37.4 Å². The zero-order chi connectivity index (χ0) is 23.5. The van der Waals surface area contributed by atoms with Crippen molar-refractivity contribution < 1.29 is 17.6 Å². The number of pyridine rings is 1. The third kappa shape index (κ3) is 5.05. The van der Waals surface area contributed by atoms with Gasteiger partial charge in [0.15, 0.2) is 5.83 Å². The number of halogens is 1. The average molecular weight is 453 g/mol. The van der Waals surface area contributed by atoms with Gasteiger partial charge in [-0.3, -0.25) is 10.2 Å². The van der Waals surface area contributed by atoms with E-state index in [-0.39, 0.29) is 22.1 Å². The molecule has 0 atom stereocenters. The van der Waals surface area contributed by atoms with E-state index in [0.29, 0.717) is 22.3 Å². The summed E-state index contributed by atoms with van der Waals surface area (Å²) in [5.41, 5.74) is 7.16. The molecule has 8 nitrogen and oxygen atoms in total. The Morgan fingerprint density at radius 1 is 1.06 bits per heavy atom. The first-order valence-electron chi connectivity index (χ1n) is 9.28. The van der Waals surface area contributed by atoms with Crippen molar-refractivity contribution in [3.63, 3.8) is 0 Å². The third-order valence-corrected chi connectivity index (χ3v) is 5.61. The summed E-state index contributed by atoms with van der Waals surface area (Å²) in [6.45, 7) is 1.44. The number of amides is 1. The number of allylic oxidation sites excluding steroid dienone is 1. The van der Waals surface area contributed by atoms with Crippen LogP contribution in [0.25, 0.3) is 16.7 Å². The molecule has 3 rings (SSSR count). The molecule has 32 heavy (non-hydrogen) atoms. The van der Waals surface area contributed by atoms with Gasteiger partial charge < -0.3 is 11.1 Å². The molecule has 1 aromatic heterocycles. The number of rotatable bonds is 6. The van der Waals surface area contributed by atoms with Gasteiger partial charge >= 0.3 is 0 Å². The predicted molar refractivity (Wildman–Crippen MR) is 121 cm³/mol. The Morgan fingerprint density at radius 3 is 2.38 bits per heavy atom. The molecule has 1 amide bonds. The SMILES string of the molecule is C/C(=C(\F)C(=O)Nc1ccc(-c2ccccc2S(N)(=O)=O)cn1)c1cccc(C(=N)N)c1. The number of benzene rings is 2. The molecule has 0 aliphatic rings. The number of nitrogens with zero attached hydrogens (tertiary/aromatic N) is 1. The van der Waals surface area contributed by atoms with Crippen LogP contribution in [0.5, 0.6) is 0 Å². The van der Waals surface area contributed by atoms with E-state index in [1.807, 2.05) is 0 Å². The highest BCUT2D eigenvalue weighted by Crippen LogP contribution is 2.27. The number of hydrogen-bond acceptors (Lipinski definition) is 5. The lowest BCUT2D eigenvalue weighted by Gasteiger charge is -2.10. The van der Waals surface area contributed by atoms with Gasteiger partial charge in [0.1, 0.15) is 11.7 Å². The van der Waals surface area contributed by atoms with Crippen LogP contribution < -0.4 is 16.2 Å². The van der Waals surface area contributed by atoms with Gasteiger partial charge in [-0.2, -0.15) is 0 Å². The molecule has 0 aliphatic heterocycles. The molecular formula is C22H20FN5O3S. The molecule has 10 heteroatoms. The highest BCUT2D eigenvalue weighted by atomic mass is 32.2. The number of hydrogen-bond donors (Lipinski definition) is 4. The number of amidine groups is 1. The second-order valence-electron chi connectivity index (χ2n) is 6.86. The zero-order valence-corrected chi connectivity index (χ0v) is 17.8. The summed E-state index contributed by atoms with van der Waals surface area (Å²) in [6, 6.07) is 15.5. The topological polar surface area (TPSA) is 152 Å². The number of carbonyl (C=O) groups excluding carboxylic acids is 1. The Kier molecular flexibility index (Phi) is 6.47. The van der Waals surface area contributed by atoms with Gasteiger partial charge in [0.05, 0.1) is 4.90 Å². The van der Waals surface area contributed by atoms with Gasteiger partial charge in [0.25, 0.3) is 5.91 Å². The van der Waals surface area contributed by atoms with Crippen LogP contribution in [-0.2, 0) is 14.8 Å². The Bertz CT molecular complexity index is 1340. The lowest BCUT2D eigenvalue weighted by atomic mass is 10.0. The van der Waals surface area contributed by atoms with Gasteiger partial charge in [0.2, 0.25) is 10.0 Å². The molecule has 0 saturated carbocycles. The van der Waals surface area contributed by atoms with E-state index in [0.717, 1.165) is 0 Å². The van der Waals surface area contributed by atoms with Crippen LogP contribution in [0.3, 0.4) is 0 Å². The fourth-order valence-corrected chi connectivity index (χ4v) is 3.73. The van der Waals surface area contributed by atoms with E-state index >= 15 is 0 Å². The Labute approximate surface area is 184 Å². The van der Waals surface area contributed by atoms with Gasteiger partial charge in [-0.1, -0.05) is 36.4 Å². The predicted octanol–water partition coefficient (Wildman–Crippen LogP) is 3.02. The molecule has 0 unspecified atom stereocenters. The van der Waals surface area contributed by atoms with Crippen molar-refractivity contribution in [2.75, 3.05) is 5.32 Å². The zero-order valence-electron chi connectivity index (χ0n) is 17.0. The lowest BCUT2D eigenvalue weighted by molar-refractivity contribution is -0.114. The van der Waals surface area contributed by atoms with Crippen molar-refractivity contribution in [1.29, 1.82) is 5.41 Å². The minimum atomic E-state index is -3.94. The van der Waals surface area contributed by atoms with Crippen molar-refractivity contribution in [1.82, 2.24) is 4.98 Å². The molecule has 0 radical (unpaired) electrons. The van der Waals surface area contributed by atoms with Gasteiger partial charge in [0, 0.05) is 22.9 Å². The second kappa shape index (κ2) is 9.08. The Hall–Kier alpha value is -3.89. The van der Waals surface area contributed by atoms with Crippen LogP contribution in [0.1, 0.15) is 18.1 Å². The van der Waals surface area contributed by atoms with Crippen molar-refractivity contribution in [2.45, 2.75) is 11.8 Å². The third-order valence-electron chi connectivity index (χ3n) is 4.64. The molecule has 6 N–H and O–H groups in total. The molecule has 3 aromatic rings. The van der Waals surface area contributed by atoms with E-state index in [9.17, 15) is 17.6 Å². The summed E-state index contributed by atoms with van der Waals surface area (Å²) in [5, 5.41) is 15.1. The normalized spacial score (nSPS) is 12.1. The maximum atomic E-state index is 14.7. The Morgan fingerprint density at radius 2 is 1.75 bits per heavy atom. The van der Waals surface area contributed by atoms with Gasteiger partial charge in [-0.05, 0) is 42.3 Å². The number of nitrogens with one attached hydrogen (secondary N) is 2. The first-order chi connectivity index (χ1) is 15.1. The summed E-state index contributed by atoms with van der Waals surface area (Å²) >= 11 is 0. The largest absolute Gasteiger partial charge is 0.384 e. The van der Waals surface area contributed by atoms with E-state index in [1.54, 1.807) is 36.4 Å². The van der Waals surface area contributed by atoms with Crippen molar-refractivity contribution in [3.8, 4) is 11.1 Å². The van der Waals surface area contributed by atoms with E-state index in [2.05, 4.69) is 10.3 Å². The van der Waals surface area contributed by atoms with Crippen LogP contribution in [0, 0.1) is 5.41 Å². The number of aromatic nitrogens is 1. The second-order valence-corrected chi connectivity index (χ2v) is 8.39. The van der Waals surface area contributed by atoms with Gasteiger partial charge in [-0.15, -0.1) is 0 Å². The number of nitrogen functional groups attached to an aromatic ring is 1. The molecule has 0 fully saturated rings. The summed E-state index contributed by atoms with van der Waals surface area (Å²) in [6.07, 6.45) is 1.35. The van der Waals surface area contributed by atoms with Crippen molar-refractivity contribution in [3.05, 3.63) is 83.8 Å². The standard InChI is InChI=1S/C22H20FN5O3S/c1-13(14-5-4-6-15(11-14)21(24)25)20(23)22(29)28-19-10-9-16(12-27-19)17-7-2-3-8-18(17)32(26,30)31/h2-12H,1H3,(H3,24,25)(H2,26,30,31)(H,27,28,29)/b20-13+. The Balaban J connectivity index is 1.83. The highest BCUT2D eigenvalue weighted by Gasteiger charge is 2.17. The average Bonchev–Trinajstić information content (AvgIpc) is 2.78. The van der Waals surface area contributed by atoms with Gasteiger partial charge in [-0.25, -0.2) is 22.9 Å². The minimum absolute atomic E-state index is 0.0593. The number of nitrogens with two attached hydrogens (primary N) is 2. The summed E-state index contributed by atoms with van der Waals surface area (Å²) in [5.74, 6) is -2.11. The van der Waals surface area contributed by atoms with E-state index < -0.39 is 21.8 Å². The van der Waals surface area contributed by atoms with Crippen LogP contribution in [0.4, 0.5) is 10.2 Å². The number of anilines is 1. The fourth-order valence-electron chi connectivity index (χ4n) is 2.97. The highest BCUT2D eigenvalue weighted by molar-refractivity contribution is 7.89. The number of sulfonamides is 1. The maximum absolute atomic E-state index is 14.7. The van der Waals surface area contributed by atoms with Crippen LogP contribution in [0.2, 0.25) is 0 Å². The molecule has 0 bridgehead atoms. The van der Waals surface area contributed by atoms with Crippen LogP contribution in [-0.4, -0.2) is 25.1 Å². The first-order valence-corrected chi connectivity index (χ1v) is 10.8. The maximum Gasteiger partial charge on any atom is 0.285 e. The fraction of sp³-hybridized carbons (Fsp3) is 0.0455. The van der Waals surface area contributed by atoms with Crippen molar-refractivity contribution >= 4 is 33.2 Å². The van der Waals surface area contributed by atoms with Crippen molar-refractivity contribution in [2.24, 2.45) is 10.9 Å². The molecule has 1 heterocycles. The van der Waals surface area contributed by atoms with Crippen LogP contribution in [0.15, 0.2) is 77.6 Å². The first kappa shape index (κ1) is 22.8. The summed E-state index contributed by atoms with van der Waals surface area (Å²) < 4.78 is 38.3. The number of primary sulfonamides is 1. The molecule has 0 saturated heterocycles. The molecule has 164 valence electrons. The molecule has 0 aliphatic carbocycles. The molecule has 0 spiro atoms. The van der Waals surface area contributed by atoms with Crippen LogP contribution >= 0.6 is 0 Å². The monoisotopic (exact) mass is 453 g/mol. The molecule has 2 aromatic carbocycles. The van der Waals surface area contributed by atoms with E-state index in [4.69, 9.17) is 16.3 Å².